The zero-order valence-electron chi connectivity index (χ0n) is 35.9. The average molecular weight is 850 g/mol. The lowest BCUT2D eigenvalue weighted by Gasteiger charge is -2.51. The van der Waals surface area contributed by atoms with E-state index >= 15 is 0 Å². The molecule has 8 aromatic carbocycles. The maximum absolute atomic E-state index is 5.67. The number of nitrogens with zero attached hydrogens (tertiary/aromatic N) is 3. The molecule has 0 fully saturated rings. The zero-order chi connectivity index (χ0) is 43.1. The quantitative estimate of drug-likeness (QED) is 0.173. The highest BCUT2D eigenvalue weighted by atomic mass is 32.2. The van der Waals surface area contributed by atoms with Crippen LogP contribution in [0.1, 0.15) is 80.6 Å². The van der Waals surface area contributed by atoms with Crippen LogP contribution in [0.3, 0.4) is 0 Å². The number of pyridine rings is 1. The van der Waals surface area contributed by atoms with Crippen LogP contribution in [0.2, 0.25) is 0 Å². The van der Waals surface area contributed by atoms with Crippen molar-refractivity contribution >= 4 is 23.3 Å². The highest BCUT2D eigenvalue weighted by molar-refractivity contribution is 7.99. The van der Waals surface area contributed by atoms with Gasteiger partial charge in [0.1, 0.15) is 0 Å². The first-order valence-corrected chi connectivity index (χ1v) is 23.6. The fourth-order valence-electron chi connectivity index (χ4n) is 12.0. The molecule has 3 heterocycles. The largest absolute Gasteiger partial charge is 0.257 e. The number of amidine groups is 1. The van der Waals surface area contributed by atoms with E-state index in [0.29, 0.717) is 0 Å². The van der Waals surface area contributed by atoms with Crippen molar-refractivity contribution in [1.82, 2.24) is 4.98 Å². The second kappa shape index (κ2) is 14.8. The second-order valence-corrected chi connectivity index (χ2v) is 18.7. The van der Waals surface area contributed by atoms with Gasteiger partial charge in [0, 0.05) is 38.6 Å². The van der Waals surface area contributed by atoms with Crippen LogP contribution in [0.5, 0.6) is 0 Å². The minimum atomic E-state index is -0.599. The Morgan fingerprint density at radius 2 is 0.985 bits per heavy atom. The lowest BCUT2D eigenvalue weighted by atomic mass is 9.51. The van der Waals surface area contributed by atoms with E-state index in [1.807, 2.05) is 24.0 Å². The molecule has 0 bridgehead atoms. The van der Waals surface area contributed by atoms with Gasteiger partial charge in [-0.25, -0.2) is 4.99 Å². The molecule has 2 atom stereocenters. The van der Waals surface area contributed by atoms with E-state index in [-0.39, 0.29) is 12.0 Å². The van der Waals surface area contributed by atoms with Gasteiger partial charge in [0.15, 0.2) is 5.84 Å². The predicted octanol–water partition coefficient (Wildman–Crippen LogP) is 14.3. The number of benzene rings is 8. The molecule has 2 unspecified atom stereocenters. The van der Waals surface area contributed by atoms with Crippen molar-refractivity contribution in [3.05, 3.63) is 280 Å². The molecule has 0 radical (unpaired) electrons. The van der Waals surface area contributed by atoms with Gasteiger partial charge in [-0.3, -0.25) is 9.98 Å². The summed E-state index contributed by atoms with van der Waals surface area (Å²) in [7, 11) is 0. The zero-order valence-corrected chi connectivity index (χ0v) is 36.7. The van der Waals surface area contributed by atoms with Crippen molar-refractivity contribution in [1.29, 1.82) is 0 Å². The standard InChI is InChI=1S/C61H43N3S/c1-2-42-57(41-23-18-22-40(38-41)53-34-16-17-37-62-53)63-59(39-20-4-3-5-21-39)64-58(42)44-25-19-33-52-56(44)43-24-6-7-26-45(43)60(52)46-27-8-10-29-48(46)61(49-30-11-9-28-47(49)60)50-31-12-14-35-54(50)65-55-36-15-13-32-51(55)61/h3-38,42,57H,2H2,1H3. The lowest BCUT2D eigenvalue weighted by molar-refractivity contribution is 0.532. The van der Waals surface area contributed by atoms with Crippen molar-refractivity contribution in [2.24, 2.45) is 15.9 Å². The molecule has 0 amide bonds. The first-order valence-electron chi connectivity index (χ1n) is 22.7. The summed E-state index contributed by atoms with van der Waals surface area (Å²) in [5.74, 6) is 0.776. The summed E-state index contributed by atoms with van der Waals surface area (Å²) in [4.78, 5) is 18.6. The summed E-state index contributed by atoms with van der Waals surface area (Å²) in [6, 6.07) is 78.4. The third-order valence-electron chi connectivity index (χ3n) is 14.5. The van der Waals surface area contributed by atoms with Crippen LogP contribution >= 0.6 is 11.8 Å². The maximum atomic E-state index is 5.67. The Morgan fingerprint density at radius 1 is 0.462 bits per heavy atom. The van der Waals surface area contributed by atoms with E-state index in [0.717, 1.165) is 40.4 Å². The van der Waals surface area contributed by atoms with Crippen LogP contribution in [0.15, 0.2) is 238 Å². The third-order valence-corrected chi connectivity index (χ3v) is 15.6. The van der Waals surface area contributed by atoms with Crippen molar-refractivity contribution in [2.75, 3.05) is 0 Å². The van der Waals surface area contributed by atoms with Gasteiger partial charge in [0.05, 0.1) is 28.3 Å². The Morgan fingerprint density at radius 3 is 1.63 bits per heavy atom. The third kappa shape index (κ3) is 5.35. The van der Waals surface area contributed by atoms with Gasteiger partial charge in [-0.1, -0.05) is 201 Å². The van der Waals surface area contributed by atoms with Crippen LogP contribution in [0, 0.1) is 5.92 Å². The first kappa shape index (κ1) is 38.1. The molecule has 0 saturated carbocycles. The SMILES string of the molecule is CCC1C(c2cccc3c2-c2ccccc2C32c3ccccc3C3(c4ccccc4Sc4ccccc43)c3ccccc32)=NC(c2ccccc2)=NC1c1cccc(-c2ccccn2)c1. The summed E-state index contributed by atoms with van der Waals surface area (Å²) in [6.45, 7) is 2.29. The normalized spacial score (nSPS) is 17.7. The highest BCUT2D eigenvalue weighted by Crippen LogP contribution is 2.67. The Bertz CT molecular complexity index is 3330. The fourth-order valence-corrected chi connectivity index (χ4v) is 13.2. The molecule has 9 aromatic rings. The van der Waals surface area contributed by atoms with E-state index in [2.05, 4.69) is 213 Å². The van der Waals surface area contributed by atoms with Crippen LogP contribution in [-0.2, 0) is 10.8 Å². The van der Waals surface area contributed by atoms with Gasteiger partial charge < -0.3 is 0 Å². The second-order valence-electron chi connectivity index (χ2n) is 17.6. The summed E-state index contributed by atoms with van der Waals surface area (Å²) >= 11 is 1.89. The number of hydrogen-bond acceptors (Lipinski definition) is 4. The smallest absolute Gasteiger partial charge is 0.155 e. The Labute approximate surface area is 384 Å². The molecular formula is C61H43N3S. The van der Waals surface area contributed by atoms with Crippen molar-refractivity contribution in [3.63, 3.8) is 0 Å². The number of rotatable bonds is 5. The predicted molar refractivity (Wildman–Crippen MR) is 265 cm³/mol. The van der Waals surface area contributed by atoms with Crippen LogP contribution in [-0.4, -0.2) is 16.5 Å². The molecule has 65 heavy (non-hydrogen) atoms. The molecule has 308 valence electrons. The summed E-state index contributed by atoms with van der Waals surface area (Å²) in [5.41, 5.74) is 18.5. The minimum Gasteiger partial charge on any atom is -0.257 e. The average Bonchev–Trinajstić information content (AvgIpc) is 3.68. The van der Waals surface area contributed by atoms with Crippen molar-refractivity contribution < 1.29 is 0 Å². The van der Waals surface area contributed by atoms with Crippen molar-refractivity contribution in [3.8, 4) is 22.4 Å². The van der Waals surface area contributed by atoms with E-state index in [4.69, 9.17) is 15.0 Å². The molecule has 0 saturated heterocycles. The fraction of sp³-hybridized carbons (Fsp3) is 0.0984. The van der Waals surface area contributed by atoms with Gasteiger partial charge >= 0.3 is 0 Å². The van der Waals surface area contributed by atoms with Gasteiger partial charge in [-0.2, -0.15) is 0 Å². The van der Waals surface area contributed by atoms with Crippen LogP contribution < -0.4 is 0 Å². The van der Waals surface area contributed by atoms with Gasteiger partial charge in [0.2, 0.25) is 0 Å². The van der Waals surface area contributed by atoms with E-state index < -0.39 is 10.8 Å². The number of aromatic nitrogens is 1. The molecule has 4 heteroatoms. The molecule has 2 spiro atoms. The van der Waals surface area contributed by atoms with Crippen molar-refractivity contribution in [2.45, 2.75) is 40.0 Å². The molecule has 2 aliphatic heterocycles. The Hall–Kier alpha value is -7.40. The van der Waals surface area contributed by atoms with E-state index in [1.165, 1.54) is 71.0 Å². The number of hydrogen-bond donors (Lipinski definition) is 0. The monoisotopic (exact) mass is 849 g/mol. The van der Waals surface area contributed by atoms with E-state index in [9.17, 15) is 0 Å². The minimum absolute atomic E-state index is 0.0126. The molecule has 2 aliphatic carbocycles. The van der Waals surface area contributed by atoms with Crippen LogP contribution in [0.4, 0.5) is 0 Å². The maximum Gasteiger partial charge on any atom is 0.155 e. The van der Waals surface area contributed by atoms with Gasteiger partial charge in [-0.15, -0.1) is 0 Å². The first-order chi connectivity index (χ1) is 32.2. The van der Waals surface area contributed by atoms with E-state index in [1.54, 1.807) is 0 Å². The van der Waals surface area contributed by atoms with Gasteiger partial charge in [0.25, 0.3) is 0 Å². The molecule has 1 aromatic heterocycles. The summed E-state index contributed by atoms with van der Waals surface area (Å²) < 4.78 is 0. The Kier molecular flexibility index (Phi) is 8.69. The molecule has 3 nitrogen and oxygen atoms in total. The molecule has 13 rings (SSSR count). The summed E-state index contributed by atoms with van der Waals surface area (Å²) in [6.07, 6.45) is 2.73. The summed E-state index contributed by atoms with van der Waals surface area (Å²) in [5, 5.41) is 0. The Balaban J connectivity index is 1.08. The molecule has 4 aliphatic rings. The molecular weight excluding hydrogens is 807 g/mol. The topological polar surface area (TPSA) is 37.6 Å². The number of fused-ring (bicyclic) bond motifs is 15. The van der Waals surface area contributed by atoms with Gasteiger partial charge in [-0.05, 0) is 98.0 Å². The highest BCUT2D eigenvalue weighted by Gasteiger charge is 2.58. The lowest BCUT2D eigenvalue weighted by Crippen LogP contribution is -2.45. The van der Waals surface area contributed by atoms with Crippen LogP contribution in [0.25, 0.3) is 22.4 Å². The number of aliphatic imine (C=N–C) groups is 2. The molecule has 0 N–H and O–H groups in total.